The molecule has 0 radical (unpaired) electrons. The van der Waals surface area contributed by atoms with Gasteiger partial charge in [-0.1, -0.05) is 18.2 Å². The van der Waals surface area contributed by atoms with Gasteiger partial charge in [-0.05, 0) is 53.3 Å². The molecule has 3 heterocycles. The third kappa shape index (κ3) is 2.70. The molecular weight excluding hydrogens is 354 g/mol. The van der Waals surface area contributed by atoms with E-state index < -0.39 is 0 Å². The molecule has 3 aromatic rings. The zero-order chi connectivity index (χ0) is 16.5. The van der Waals surface area contributed by atoms with Crippen LogP contribution in [0.2, 0.25) is 0 Å². The third-order valence-electron chi connectivity index (χ3n) is 4.38. The second-order valence-electron chi connectivity index (χ2n) is 5.67. The Hall–Kier alpha value is -1.56. The van der Waals surface area contributed by atoms with Crippen LogP contribution in [0.4, 0.5) is 0 Å². The number of hydrogen-bond acceptors (Lipinski definition) is 4. The van der Waals surface area contributed by atoms with E-state index in [0.717, 1.165) is 23.4 Å². The molecule has 0 aliphatic carbocycles. The molecule has 1 aliphatic rings. The number of thioether (sulfide) groups is 1. The molecule has 0 saturated carbocycles. The molecule has 1 amide bonds. The van der Waals surface area contributed by atoms with Gasteiger partial charge < -0.3 is 4.90 Å². The second kappa shape index (κ2) is 6.75. The standard InChI is InChI=1S/C19H17NOS3/c1-22-15-6-3-2-5-14(15)19(21)20-10-8-16-13(9-12-24-16)18(20)17-7-4-11-23-17/h2-7,9,11-12,18H,8,10H2,1H3. The molecule has 1 atom stereocenters. The molecule has 2 aromatic heterocycles. The normalized spacial score (nSPS) is 16.9. The maximum absolute atomic E-state index is 13.3. The molecule has 0 spiro atoms. The summed E-state index contributed by atoms with van der Waals surface area (Å²) in [6.07, 6.45) is 2.97. The van der Waals surface area contributed by atoms with Gasteiger partial charge in [-0.2, -0.15) is 0 Å². The maximum atomic E-state index is 13.3. The van der Waals surface area contributed by atoms with Gasteiger partial charge in [-0.3, -0.25) is 4.79 Å². The van der Waals surface area contributed by atoms with Crippen molar-refractivity contribution in [3.05, 3.63) is 74.1 Å². The van der Waals surface area contributed by atoms with Crippen LogP contribution in [0.15, 0.2) is 58.1 Å². The van der Waals surface area contributed by atoms with Crippen molar-refractivity contribution >= 4 is 40.3 Å². The molecule has 0 bridgehead atoms. The van der Waals surface area contributed by atoms with Crippen LogP contribution in [0.25, 0.3) is 0 Å². The summed E-state index contributed by atoms with van der Waals surface area (Å²) in [4.78, 5) is 19.1. The number of amides is 1. The fraction of sp³-hybridized carbons (Fsp3) is 0.211. The summed E-state index contributed by atoms with van der Waals surface area (Å²) in [5, 5.41) is 4.24. The smallest absolute Gasteiger partial charge is 0.255 e. The lowest BCUT2D eigenvalue weighted by molar-refractivity contribution is 0.0695. The van der Waals surface area contributed by atoms with Gasteiger partial charge in [-0.15, -0.1) is 34.4 Å². The summed E-state index contributed by atoms with van der Waals surface area (Å²) >= 11 is 5.17. The van der Waals surface area contributed by atoms with Gasteiger partial charge in [0.15, 0.2) is 0 Å². The molecular formula is C19H17NOS3. The fourth-order valence-electron chi connectivity index (χ4n) is 3.26. The molecule has 1 aliphatic heterocycles. The van der Waals surface area contributed by atoms with Gasteiger partial charge in [0.2, 0.25) is 0 Å². The first-order chi connectivity index (χ1) is 11.8. The number of nitrogens with zero attached hydrogens (tertiary/aromatic N) is 1. The third-order valence-corrected chi connectivity index (χ3v) is 7.09. The fourth-order valence-corrected chi connectivity index (χ4v) is 5.61. The second-order valence-corrected chi connectivity index (χ2v) is 8.49. The topological polar surface area (TPSA) is 20.3 Å². The van der Waals surface area contributed by atoms with Crippen molar-refractivity contribution in [1.29, 1.82) is 0 Å². The molecule has 24 heavy (non-hydrogen) atoms. The lowest BCUT2D eigenvalue weighted by Crippen LogP contribution is -2.40. The van der Waals surface area contributed by atoms with Gasteiger partial charge in [0, 0.05) is 21.2 Å². The number of hydrogen-bond donors (Lipinski definition) is 0. The van der Waals surface area contributed by atoms with Gasteiger partial charge in [0.05, 0.1) is 11.6 Å². The van der Waals surface area contributed by atoms with Crippen molar-refractivity contribution < 1.29 is 4.79 Å². The molecule has 122 valence electrons. The van der Waals surface area contributed by atoms with Crippen molar-refractivity contribution in [1.82, 2.24) is 4.90 Å². The van der Waals surface area contributed by atoms with Crippen LogP contribution >= 0.6 is 34.4 Å². The Kier molecular flexibility index (Phi) is 4.48. The van der Waals surface area contributed by atoms with Crippen LogP contribution in [0.5, 0.6) is 0 Å². The summed E-state index contributed by atoms with van der Waals surface area (Å²) in [5.74, 6) is 0.134. The van der Waals surface area contributed by atoms with E-state index >= 15 is 0 Å². The Morgan fingerprint density at radius 3 is 2.79 bits per heavy atom. The molecule has 0 N–H and O–H groups in total. The zero-order valence-electron chi connectivity index (χ0n) is 13.3. The summed E-state index contributed by atoms with van der Waals surface area (Å²) in [5.41, 5.74) is 2.11. The molecule has 0 saturated heterocycles. The lowest BCUT2D eigenvalue weighted by Gasteiger charge is -2.36. The Morgan fingerprint density at radius 2 is 2.00 bits per heavy atom. The lowest BCUT2D eigenvalue weighted by atomic mass is 9.97. The van der Waals surface area contributed by atoms with Crippen LogP contribution in [-0.2, 0) is 6.42 Å². The van der Waals surface area contributed by atoms with Gasteiger partial charge >= 0.3 is 0 Å². The van der Waals surface area contributed by atoms with Crippen LogP contribution in [0, 0.1) is 0 Å². The van der Waals surface area contributed by atoms with Gasteiger partial charge in [0.1, 0.15) is 0 Å². The number of benzene rings is 1. The van der Waals surface area contributed by atoms with E-state index in [2.05, 4.69) is 33.9 Å². The number of carbonyl (C=O) groups is 1. The number of fused-ring (bicyclic) bond motifs is 1. The minimum atomic E-state index is 0.0439. The molecule has 1 aromatic carbocycles. The van der Waals surface area contributed by atoms with Crippen LogP contribution < -0.4 is 0 Å². The van der Waals surface area contributed by atoms with Crippen LogP contribution in [0.1, 0.15) is 31.7 Å². The highest BCUT2D eigenvalue weighted by molar-refractivity contribution is 7.98. The highest BCUT2D eigenvalue weighted by Gasteiger charge is 2.34. The van der Waals surface area contributed by atoms with E-state index in [1.165, 1.54) is 15.3 Å². The number of rotatable bonds is 3. The average molecular weight is 372 g/mol. The minimum absolute atomic E-state index is 0.0439. The summed E-state index contributed by atoms with van der Waals surface area (Å²) in [7, 11) is 0. The summed E-state index contributed by atoms with van der Waals surface area (Å²) < 4.78 is 0. The van der Waals surface area contributed by atoms with E-state index in [-0.39, 0.29) is 11.9 Å². The van der Waals surface area contributed by atoms with Crippen molar-refractivity contribution in [2.45, 2.75) is 17.4 Å². The van der Waals surface area contributed by atoms with Crippen molar-refractivity contribution in [3.8, 4) is 0 Å². The SMILES string of the molecule is CSc1ccccc1C(=O)N1CCc2sccc2C1c1cccs1. The molecule has 5 heteroatoms. The van der Waals surface area contributed by atoms with E-state index in [9.17, 15) is 4.79 Å². The highest BCUT2D eigenvalue weighted by Crippen LogP contribution is 2.40. The monoisotopic (exact) mass is 371 g/mol. The van der Waals surface area contributed by atoms with E-state index in [4.69, 9.17) is 0 Å². The first-order valence-electron chi connectivity index (χ1n) is 7.83. The van der Waals surface area contributed by atoms with E-state index in [1.54, 1.807) is 34.4 Å². The molecule has 2 nitrogen and oxygen atoms in total. The van der Waals surface area contributed by atoms with Crippen molar-refractivity contribution in [2.24, 2.45) is 0 Å². The Bertz CT molecular complexity index is 853. The number of thiophene rings is 2. The predicted octanol–water partition coefficient (Wildman–Crippen LogP) is 5.32. The predicted molar refractivity (Wildman–Crippen MR) is 103 cm³/mol. The average Bonchev–Trinajstić information content (AvgIpc) is 3.31. The minimum Gasteiger partial charge on any atom is -0.326 e. The maximum Gasteiger partial charge on any atom is 0.255 e. The largest absolute Gasteiger partial charge is 0.326 e. The summed E-state index contributed by atoms with van der Waals surface area (Å²) in [6, 6.07) is 14.4. The quantitative estimate of drug-likeness (QED) is 0.581. The summed E-state index contributed by atoms with van der Waals surface area (Å²) in [6.45, 7) is 0.775. The van der Waals surface area contributed by atoms with Crippen molar-refractivity contribution in [3.63, 3.8) is 0 Å². The Labute approximate surface area is 154 Å². The van der Waals surface area contributed by atoms with Crippen molar-refractivity contribution in [2.75, 3.05) is 12.8 Å². The number of carbonyl (C=O) groups excluding carboxylic acids is 1. The van der Waals surface area contributed by atoms with Gasteiger partial charge in [0.25, 0.3) is 5.91 Å². The van der Waals surface area contributed by atoms with E-state index in [0.29, 0.717) is 0 Å². The van der Waals surface area contributed by atoms with Gasteiger partial charge in [-0.25, -0.2) is 0 Å². The molecule has 1 unspecified atom stereocenters. The Morgan fingerprint density at radius 1 is 1.12 bits per heavy atom. The highest BCUT2D eigenvalue weighted by atomic mass is 32.2. The first-order valence-corrected chi connectivity index (χ1v) is 10.8. The van der Waals surface area contributed by atoms with E-state index in [1.807, 2.05) is 30.5 Å². The molecule has 4 rings (SSSR count). The Balaban J connectivity index is 1.78. The van der Waals surface area contributed by atoms with Crippen LogP contribution in [-0.4, -0.2) is 23.6 Å². The first kappa shape index (κ1) is 15.9. The molecule has 0 fully saturated rings. The zero-order valence-corrected chi connectivity index (χ0v) is 15.7. The van der Waals surface area contributed by atoms with Crippen LogP contribution in [0.3, 0.4) is 0 Å².